The lowest BCUT2D eigenvalue weighted by Crippen LogP contribution is -2.48. The lowest BCUT2D eigenvalue weighted by atomic mass is 10.1. The molecule has 0 radical (unpaired) electrons. The fourth-order valence-electron chi connectivity index (χ4n) is 3.58. The smallest absolute Gasteiger partial charge is 0.243 e. The van der Waals surface area contributed by atoms with Crippen molar-refractivity contribution in [3.05, 3.63) is 59.2 Å². The molecule has 0 unspecified atom stereocenters. The van der Waals surface area contributed by atoms with Crippen molar-refractivity contribution in [2.45, 2.75) is 59.6 Å². The summed E-state index contributed by atoms with van der Waals surface area (Å²) in [4.78, 5) is 12.7. The van der Waals surface area contributed by atoms with Crippen LogP contribution in [-0.4, -0.2) is 39.3 Å². The van der Waals surface area contributed by atoms with Crippen LogP contribution >= 0.6 is 0 Å². The molecule has 0 aliphatic carbocycles. The van der Waals surface area contributed by atoms with Crippen LogP contribution in [0.1, 0.15) is 43.9 Å². The highest BCUT2D eigenvalue weighted by Crippen LogP contribution is 2.24. The van der Waals surface area contributed by atoms with Gasteiger partial charge in [0, 0.05) is 6.54 Å². The van der Waals surface area contributed by atoms with E-state index in [-0.39, 0.29) is 12.0 Å². The van der Waals surface area contributed by atoms with Crippen molar-refractivity contribution >= 4 is 21.6 Å². The predicted octanol–water partition coefficient (Wildman–Crippen LogP) is 3.99. The van der Waals surface area contributed by atoms with E-state index in [9.17, 15) is 13.2 Å². The number of anilines is 1. The van der Waals surface area contributed by atoms with Gasteiger partial charge in [-0.15, -0.1) is 0 Å². The van der Waals surface area contributed by atoms with Gasteiger partial charge in [-0.05, 0) is 88.4 Å². The Labute approximate surface area is 186 Å². The summed E-state index contributed by atoms with van der Waals surface area (Å²) in [6, 6.07) is 12.6. The number of benzene rings is 2. The van der Waals surface area contributed by atoms with Crippen LogP contribution in [0.15, 0.2) is 42.5 Å². The Morgan fingerprint density at radius 1 is 1.06 bits per heavy atom. The lowest BCUT2D eigenvalue weighted by Gasteiger charge is -2.28. The van der Waals surface area contributed by atoms with Gasteiger partial charge in [-0.2, -0.15) is 0 Å². The molecular weight excluding hydrogens is 412 g/mol. The van der Waals surface area contributed by atoms with Crippen molar-refractivity contribution in [2.24, 2.45) is 0 Å². The van der Waals surface area contributed by atoms with E-state index in [0.29, 0.717) is 12.2 Å². The van der Waals surface area contributed by atoms with Gasteiger partial charge in [0.05, 0.1) is 18.0 Å². The molecule has 0 heterocycles. The summed E-state index contributed by atoms with van der Waals surface area (Å²) in [7, 11) is -3.63. The first kappa shape index (κ1) is 24.7. The molecule has 0 saturated carbocycles. The minimum atomic E-state index is -3.63. The number of carbonyl (C=O) groups excluding carboxylic acids is 1. The first-order chi connectivity index (χ1) is 14.5. The fourth-order valence-corrected chi connectivity index (χ4v) is 4.74. The first-order valence-corrected chi connectivity index (χ1v) is 12.4. The molecule has 31 heavy (non-hydrogen) atoms. The zero-order valence-corrected chi connectivity index (χ0v) is 20.1. The number of hydrogen-bond donors (Lipinski definition) is 1. The summed E-state index contributed by atoms with van der Waals surface area (Å²) in [5.74, 6) is 0.517. The fraction of sp³-hybridized carbons (Fsp3) is 0.458. The Hall–Kier alpha value is -2.54. The van der Waals surface area contributed by atoms with E-state index < -0.39 is 16.1 Å². The van der Waals surface area contributed by atoms with Gasteiger partial charge in [0.2, 0.25) is 15.9 Å². The van der Waals surface area contributed by atoms with Crippen LogP contribution in [0.3, 0.4) is 0 Å². The maximum Gasteiger partial charge on any atom is 0.243 e. The predicted molar refractivity (Wildman–Crippen MR) is 126 cm³/mol. The van der Waals surface area contributed by atoms with E-state index in [1.54, 1.807) is 19.1 Å². The molecule has 2 aromatic rings. The Balaban J connectivity index is 1.98. The molecule has 0 saturated heterocycles. The van der Waals surface area contributed by atoms with Gasteiger partial charge >= 0.3 is 0 Å². The zero-order chi connectivity index (χ0) is 23.2. The molecule has 0 bridgehead atoms. The molecule has 2 rings (SSSR count). The highest BCUT2D eigenvalue weighted by molar-refractivity contribution is 7.92. The highest BCUT2D eigenvalue weighted by Gasteiger charge is 2.29. The maximum atomic E-state index is 12.7. The number of nitrogens with one attached hydrogen (secondary N) is 1. The van der Waals surface area contributed by atoms with Crippen molar-refractivity contribution in [1.82, 2.24) is 5.32 Å². The molecule has 0 spiro atoms. The second-order valence-electron chi connectivity index (χ2n) is 8.29. The van der Waals surface area contributed by atoms with Crippen LogP contribution in [0.5, 0.6) is 5.75 Å². The van der Waals surface area contributed by atoms with Crippen molar-refractivity contribution in [2.75, 3.05) is 17.1 Å². The van der Waals surface area contributed by atoms with Crippen LogP contribution < -0.4 is 14.4 Å². The minimum absolute atomic E-state index is 0.117. The van der Waals surface area contributed by atoms with Crippen LogP contribution in [0, 0.1) is 13.8 Å². The molecule has 0 aliphatic heterocycles. The third-order valence-electron chi connectivity index (χ3n) is 4.76. The Morgan fingerprint density at radius 2 is 1.71 bits per heavy atom. The maximum absolute atomic E-state index is 12.7. The first-order valence-electron chi connectivity index (χ1n) is 10.6. The molecule has 2 aromatic carbocycles. The standard InChI is InChI=1S/C24H34N2O4S/c1-17(2)30-23-11-7-9-21(16-23)10-8-12-25-24(27)20(5)26(31(6,28)29)22-14-18(3)13-19(4)15-22/h7,9,11,13-17,20H,8,10,12H2,1-6H3,(H,25,27)/t20-/m0/s1. The minimum Gasteiger partial charge on any atom is -0.491 e. The monoisotopic (exact) mass is 446 g/mol. The van der Waals surface area contributed by atoms with E-state index in [4.69, 9.17) is 4.74 Å². The lowest BCUT2D eigenvalue weighted by molar-refractivity contribution is -0.121. The van der Waals surface area contributed by atoms with Crippen molar-refractivity contribution < 1.29 is 17.9 Å². The van der Waals surface area contributed by atoms with Crippen LogP contribution in [0.4, 0.5) is 5.69 Å². The molecule has 0 aromatic heterocycles. The summed E-state index contributed by atoms with van der Waals surface area (Å²) < 4.78 is 31.8. The number of aryl methyl sites for hydroxylation is 3. The van der Waals surface area contributed by atoms with Crippen LogP contribution in [0.2, 0.25) is 0 Å². The molecular formula is C24H34N2O4S. The van der Waals surface area contributed by atoms with E-state index >= 15 is 0 Å². The second kappa shape index (κ2) is 10.7. The summed E-state index contributed by atoms with van der Waals surface area (Å²) >= 11 is 0. The normalized spacial score (nSPS) is 12.5. The number of nitrogens with zero attached hydrogens (tertiary/aromatic N) is 1. The number of hydrogen-bond acceptors (Lipinski definition) is 4. The average Bonchev–Trinajstić information content (AvgIpc) is 2.63. The van der Waals surface area contributed by atoms with Gasteiger partial charge in [0.15, 0.2) is 0 Å². The van der Waals surface area contributed by atoms with Crippen molar-refractivity contribution in [1.29, 1.82) is 0 Å². The quantitative estimate of drug-likeness (QED) is 0.560. The van der Waals surface area contributed by atoms with Crippen LogP contribution in [-0.2, 0) is 21.2 Å². The number of sulfonamides is 1. The van der Waals surface area contributed by atoms with Crippen LogP contribution in [0.25, 0.3) is 0 Å². The van der Waals surface area contributed by atoms with Gasteiger partial charge in [-0.3, -0.25) is 9.10 Å². The summed E-state index contributed by atoms with van der Waals surface area (Å²) in [6.45, 7) is 9.86. The Bertz CT molecular complexity index is 982. The van der Waals surface area contributed by atoms with E-state index in [2.05, 4.69) is 5.32 Å². The average molecular weight is 447 g/mol. The molecule has 0 aliphatic rings. The van der Waals surface area contributed by atoms with Gasteiger partial charge in [-0.25, -0.2) is 8.42 Å². The third-order valence-corrected chi connectivity index (χ3v) is 6.00. The van der Waals surface area contributed by atoms with Crippen molar-refractivity contribution in [3.8, 4) is 5.75 Å². The van der Waals surface area contributed by atoms with Crippen molar-refractivity contribution in [3.63, 3.8) is 0 Å². The third kappa shape index (κ3) is 7.58. The molecule has 1 N–H and O–H groups in total. The van der Waals surface area contributed by atoms with E-state index in [1.165, 1.54) is 4.31 Å². The Kier molecular flexibility index (Phi) is 8.51. The molecule has 170 valence electrons. The Morgan fingerprint density at radius 3 is 2.29 bits per heavy atom. The van der Waals surface area contributed by atoms with Gasteiger partial charge in [0.25, 0.3) is 0 Å². The van der Waals surface area contributed by atoms with E-state index in [0.717, 1.165) is 41.5 Å². The van der Waals surface area contributed by atoms with Gasteiger partial charge in [0.1, 0.15) is 11.8 Å². The van der Waals surface area contributed by atoms with Gasteiger partial charge in [-0.1, -0.05) is 18.2 Å². The topological polar surface area (TPSA) is 75.7 Å². The number of rotatable bonds is 10. The largest absolute Gasteiger partial charge is 0.491 e. The summed E-state index contributed by atoms with van der Waals surface area (Å²) in [5, 5.41) is 2.87. The second-order valence-corrected chi connectivity index (χ2v) is 10.1. The number of ether oxygens (including phenoxy) is 1. The van der Waals surface area contributed by atoms with E-state index in [1.807, 2.05) is 58.0 Å². The molecule has 1 atom stereocenters. The molecule has 1 amide bonds. The number of amides is 1. The number of carbonyl (C=O) groups is 1. The summed E-state index contributed by atoms with van der Waals surface area (Å²) in [5.41, 5.74) is 3.53. The highest BCUT2D eigenvalue weighted by atomic mass is 32.2. The molecule has 0 fully saturated rings. The molecule has 6 nitrogen and oxygen atoms in total. The zero-order valence-electron chi connectivity index (χ0n) is 19.3. The SMILES string of the molecule is Cc1cc(C)cc(N([C@@H](C)C(=O)NCCCc2cccc(OC(C)C)c2)S(C)(=O)=O)c1. The molecule has 7 heteroatoms. The van der Waals surface area contributed by atoms with Gasteiger partial charge < -0.3 is 10.1 Å². The summed E-state index contributed by atoms with van der Waals surface area (Å²) in [6.07, 6.45) is 2.77.